The van der Waals surface area contributed by atoms with Crippen LogP contribution in [0, 0.1) is 18.3 Å². The van der Waals surface area contributed by atoms with E-state index in [4.69, 9.17) is 11.0 Å². The van der Waals surface area contributed by atoms with Crippen LogP contribution in [0.25, 0.3) is 0 Å². The second kappa shape index (κ2) is 5.19. The first-order valence-corrected chi connectivity index (χ1v) is 5.64. The standard InChI is InChI=1S/C14H12N4O/c1-9-6-10(8-15)7-13(17-9)18-12-4-2-11(3-5-12)14(16)19/h2-7H,1H3,(H2,16,19)(H,17,18). The SMILES string of the molecule is Cc1cc(C#N)cc(Nc2ccc(C(N)=O)cc2)n1. The van der Waals surface area contributed by atoms with Gasteiger partial charge in [0, 0.05) is 16.9 Å². The van der Waals surface area contributed by atoms with Crippen LogP contribution in [0.2, 0.25) is 0 Å². The van der Waals surface area contributed by atoms with Gasteiger partial charge >= 0.3 is 0 Å². The van der Waals surface area contributed by atoms with Crippen molar-refractivity contribution in [2.75, 3.05) is 5.32 Å². The molecule has 3 N–H and O–H groups in total. The first-order valence-electron chi connectivity index (χ1n) is 5.64. The first kappa shape index (κ1) is 12.6. The number of rotatable bonds is 3. The van der Waals surface area contributed by atoms with Crippen LogP contribution in [0.5, 0.6) is 0 Å². The van der Waals surface area contributed by atoms with E-state index in [2.05, 4.69) is 16.4 Å². The summed E-state index contributed by atoms with van der Waals surface area (Å²) in [5.41, 5.74) is 7.69. The number of nitriles is 1. The monoisotopic (exact) mass is 252 g/mol. The smallest absolute Gasteiger partial charge is 0.248 e. The van der Waals surface area contributed by atoms with Crippen LogP contribution in [0.4, 0.5) is 11.5 Å². The van der Waals surface area contributed by atoms with Crippen LogP contribution in [0.1, 0.15) is 21.6 Å². The van der Waals surface area contributed by atoms with Gasteiger partial charge in [-0.1, -0.05) is 0 Å². The number of pyridine rings is 1. The number of nitrogens with one attached hydrogen (secondary N) is 1. The molecule has 1 heterocycles. The van der Waals surface area contributed by atoms with Crippen molar-refractivity contribution in [1.82, 2.24) is 4.98 Å². The lowest BCUT2D eigenvalue weighted by atomic mass is 10.2. The van der Waals surface area contributed by atoms with Crippen molar-refractivity contribution in [2.45, 2.75) is 6.92 Å². The van der Waals surface area contributed by atoms with Gasteiger partial charge in [-0.3, -0.25) is 4.79 Å². The van der Waals surface area contributed by atoms with E-state index in [-0.39, 0.29) is 0 Å². The molecule has 0 unspecified atom stereocenters. The third kappa shape index (κ3) is 3.07. The predicted molar refractivity (Wildman–Crippen MR) is 71.9 cm³/mol. The van der Waals surface area contributed by atoms with Gasteiger partial charge in [0.2, 0.25) is 5.91 Å². The van der Waals surface area contributed by atoms with Crippen molar-refractivity contribution >= 4 is 17.4 Å². The third-order valence-electron chi connectivity index (χ3n) is 2.52. The van der Waals surface area contributed by atoms with E-state index in [9.17, 15) is 4.79 Å². The van der Waals surface area contributed by atoms with Crippen LogP contribution in [0.15, 0.2) is 36.4 Å². The van der Waals surface area contributed by atoms with E-state index >= 15 is 0 Å². The molecule has 2 aromatic rings. The minimum Gasteiger partial charge on any atom is -0.366 e. The van der Waals surface area contributed by atoms with Crippen molar-refractivity contribution < 1.29 is 4.79 Å². The van der Waals surface area contributed by atoms with Gasteiger partial charge in [-0.05, 0) is 43.3 Å². The van der Waals surface area contributed by atoms with Crippen molar-refractivity contribution in [3.8, 4) is 6.07 Å². The molecule has 0 fully saturated rings. The summed E-state index contributed by atoms with van der Waals surface area (Å²) < 4.78 is 0. The summed E-state index contributed by atoms with van der Waals surface area (Å²) in [5.74, 6) is 0.121. The van der Waals surface area contributed by atoms with E-state index in [1.165, 1.54) is 0 Å². The summed E-state index contributed by atoms with van der Waals surface area (Å²) >= 11 is 0. The Balaban J connectivity index is 2.24. The highest BCUT2D eigenvalue weighted by Gasteiger charge is 2.02. The molecule has 1 aromatic carbocycles. The zero-order valence-electron chi connectivity index (χ0n) is 10.3. The Morgan fingerprint density at radius 1 is 1.32 bits per heavy atom. The highest BCUT2D eigenvalue weighted by Crippen LogP contribution is 2.17. The Morgan fingerprint density at radius 2 is 2.00 bits per heavy atom. The van der Waals surface area contributed by atoms with E-state index < -0.39 is 5.91 Å². The zero-order valence-corrected chi connectivity index (χ0v) is 10.3. The van der Waals surface area contributed by atoms with Crippen LogP contribution in [-0.2, 0) is 0 Å². The summed E-state index contributed by atoms with van der Waals surface area (Å²) in [5, 5.41) is 12.0. The number of nitrogens with two attached hydrogens (primary N) is 1. The number of carbonyl (C=O) groups is 1. The molecule has 5 nitrogen and oxygen atoms in total. The van der Waals surface area contributed by atoms with Gasteiger partial charge in [0.05, 0.1) is 11.6 Å². The zero-order chi connectivity index (χ0) is 13.8. The lowest BCUT2D eigenvalue weighted by Crippen LogP contribution is -2.10. The Labute approximate surface area is 110 Å². The van der Waals surface area contributed by atoms with Gasteiger partial charge in [0.25, 0.3) is 0 Å². The van der Waals surface area contributed by atoms with Gasteiger partial charge in [-0.25, -0.2) is 4.98 Å². The second-order valence-corrected chi connectivity index (χ2v) is 4.06. The Bertz CT molecular complexity index is 656. The largest absolute Gasteiger partial charge is 0.366 e. The molecule has 1 aromatic heterocycles. The summed E-state index contributed by atoms with van der Waals surface area (Å²) in [7, 11) is 0. The molecular formula is C14H12N4O. The number of amides is 1. The summed E-state index contributed by atoms with van der Waals surface area (Å²) in [4.78, 5) is 15.2. The fraction of sp³-hybridized carbons (Fsp3) is 0.0714. The number of anilines is 2. The number of nitrogens with zero attached hydrogens (tertiary/aromatic N) is 2. The number of carbonyl (C=O) groups excluding carboxylic acids is 1. The summed E-state index contributed by atoms with van der Waals surface area (Å²) in [6.07, 6.45) is 0. The molecule has 19 heavy (non-hydrogen) atoms. The molecule has 0 saturated heterocycles. The van der Waals surface area contributed by atoms with Crippen molar-refractivity contribution in [1.29, 1.82) is 5.26 Å². The average molecular weight is 252 g/mol. The van der Waals surface area contributed by atoms with Gasteiger partial charge < -0.3 is 11.1 Å². The maximum Gasteiger partial charge on any atom is 0.248 e. The average Bonchev–Trinajstić information content (AvgIpc) is 2.38. The fourth-order valence-corrected chi connectivity index (χ4v) is 1.66. The van der Waals surface area contributed by atoms with Crippen LogP contribution in [0.3, 0.4) is 0 Å². The van der Waals surface area contributed by atoms with E-state index in [1.54, 1.807) is 36.4 Å². The lowest BCUT2D eigenvalue weighted by Gasteiger charge is -2.07. The molecule has 0 saturated carbocycles. The minimum atomic E-state index is -0.466. The Kier molecular flexibility index (Phi) is 3.44. The van der Waals surface area contributed by atoms with E-state index in [1.807, 2.05) is 6.92 Å². The van der Waals surface area contributed by atoms with E-state index in [0.717, 1.165) is 11.4 Å². The molecule has 0 spiro atoms. The molecule has 0 bridgehead atoms. The number of benzene rings is 1. The lowest BCUT2D eigenvalue weighted by molar-refractivity contribution is 0.100. The molecule has 1 amide bonds. The maximum atomic E-state index is 11.0. The topological polar surface area (TPSA) is 91.8 Å². The fourth-order valence-electron chi connectivity index (χ4n) is 1.66. The highest BCUT2D eigenvalue weighted by molar-refractivity contribution is 5.93. The molecule has 0 radical (unpaired) electrons. The molecular weight excluding hydrogens is 240 g/mol. The van der Waals surface area contributed by atoms with Gasteiger partial charge in [-0.2, -0.15) is 5.26 Å². The third-order valence-corrected chi connectivity index (χ3v) is 2.52. The molecule has 0 aliphatic heterocycles. The van der Waals surface area contributed by atoms with Gasteiger partial charge in [-0.15, -0.1) is 0 Å². The summed E-state index contributed by atoms with van der Waals surface area (Å²) in [6.45, 7) is 1.82. The quantitative estimate of drug-likeness (QED) is 0.875. The highest BCUT2D eigenvalue weighted by atomic mass is 16.1. The molecule has 2 rings (SSSR count). The first-order chi connectivity index (χ1) is 9.08. The molecule has 5 heteroatoms. The maximum absolute atomic E-state index is 11.0. The van der Waals surface area contributed by atoms with Gasteiger partial charge in [0.15, 0.2) is 0 Å². The Morgan fingerprint density at radius 3 is 2.58 bits per heavy atom. The molecule has 0 aliphatic rings. The van der Waals surface area contributed by atoms with Crippen LogP contribution < -0.4 is 11.1 Å². The molecule has 94 valence electrons. The normalized spacial score (nSPS) is 9.68. The predicted octanol–water partition coefficient (Wildman–Crippen LogP) is 2.10. The van der Waals surface area contributed by atoms with Crippen LogP contribution in [-0.4, -0.2) is 10.9 Å². The van der Waals surface area contributed by atoms with Crippen LogP contribution >= 0.6 is 0 Å². The van der Waals surface area contributed by atoms with E-state index in [0.29, 0.717) is 16.9 Å². The number of hydrogen-bond donors (Lipinski definition) is 2. The molecule has 0 atom stereocenters. The minimum absolute atomic E-state index is 0.445. The van der Waals surface area contributed by atoms with Gasteiger partial charge in [0.1, 0.15) is 5.82 Å². The number of aromatic nitrogens is 1. The number of primary amides is 1. The Hall–Kier alpha value is -2.87. The van der Waals surface area contributed by atoms with Crippen molar-refractivity contribution in [3.63, 3.8) is 0 Å². The summed E-state index contributed by atoms with van der Waals surface area (Å²) in [6, 6.07) is 12.2. The second-order valence-electron chi connectivity index (χ2n) is 4.06. The van der Waals surface area contributed by atoms with Crippen molar-refractivity contribution in [2.24, 2.45) is 5.73 Å². The van der Waals surface area contributed by atoms with Crippen molar-refractivity contribution in [3.05, 3.63) is 53.2 Å². The number of hydrogen-bond acceptors (Lipinski definition) is 4. The number of aryl methyl sites for hydroxylation is 1. The molecule has 0 aliphatic carbocycles.